The van der Waals surface area contributed by atoms with Crippen LogP contribution in [-0.4, -0.2) is 33.3 Å². The summed E-state index contributed by atoms with van der Waals surface area (Å²) in [6, 6.07) is 3.27. The molecule has 0 atom stereocenters. The summed E-state index contributed by atoms with van der Waals surface area (Å²) in [6.07, 6.45) is 2.35. The normalized spacial score (nSPS) is 15.5. The van der Waals surface area contributed by atoms with E-state index in [0.29, 0.717) is 12.5 Å². The highest BCUT2D eigenvalue weighted by Gasteiger charge is 2.21. The largest absolute Gasteiger partial charge is 0.392 e. The first kappa shape index (κ1) is 15.4. The minimum Gasteiger partial charge on any atom is -0.392 e. The second kappa shape index (κ2) is 6.62. The zero-order valence-corrected chi connectivity index (χ0v) is 11.8. The van der Waals surface area contributed by atoms with Crippen molar-refractivity contribution in [2.24, 2.45) is 5.92 Å². The lowest BCUT2D eigenvalue weighted by Crippen LogP contribution is -2.28. The summed E-state index contributed by atoms with van der Waals surface area (Å²) in [5.41, 5.74) is 0.165. The fraction of sp³-hybridized carbons (Fsp3) is 0.538. The zero-order chi connectivity index (χ0) is 14.6. The van der Waals surface area contributed by atoms with E-state index < -0.39 is 22.4 Å². The Bertz CT molecular complexity index is 557. The average molecular weight is 303 g/mol. The number of aliphatic hydroxyl groups excluding tert-OH is 1. The maximum Gasteiger partial charge on any atom is 0.241 e. The predicted molar refractivity (Wildman–Crippen MR) is 71.1 cm³/mol. The number of benzene rings is 1. The third-order valence-corrected chi connectivity index (χ3v) is 4.62. The summed E-state index contributed by atoms with van der Waals surface area (Å²) in [7, 11) is -3.84. The van der Waals surface area contributed by atoms with Gasteiger partial charge in [0.25, 0.3) is 0 Å². The first-order valence-electron chi connectivity index (χ1n) is 6.49. The van der Waals surface area contributed by atoms with E-state index in [9.17, 15) is 12.8 Å². The van der Waals surface area contributed by atoms with Gasteiger partial charge in [0.05, 0.1) is 18.1 Å². The SMILES string of the molecule is O=S(=O)(NCCOCC1CC1)c1cc(F)ccc1CO. The molecule has 0 radical (unpaired) electrons. The van der Waals surface area contributed by atoms with Crippen molar-refractivity contribution in [1.82, 2.24) is 4.72 Å². The molecule has 0 saturated heterocycles. The summed E-state index contributed by atoms with van der Waals surface area (Å²) in [5.74, 6) is -0.0385. The summed E-state index contributed by atoms with van der Waals surface area (Å²) < 4.78 is 44.9. The Kier molecular flexibility index (Phi) is 5.09. The molecule has 0 unspecified atom stereocenters. The van der Waals surface area contributed by atoms with Crippen molar-refractivity contribution in [3.05, 3.63) is 29.6 Å². The molecule has 1 fully saturated rings. The van der Waals surface area contributed by atoms with Crippen molar-refractivity contribution >= 4 is 10.0 Å². The molecule has 1 aliphatic rings. The number of aliphatic hydroxyl groups is 1. The number of halogens is 1. The highest BCUT2D eigenvalue weighted by molar-refractivity contribution is 7.89. The zero-order valence-electron chi connectivity index (χ0n) is 11.0. The molecule has 5 nitrogen and oxygen atoms in total. The fourth-order valence-corrected chi connectivity index (χ4v) is 3.02. The number of sulfonamides is 1. The van der Waals surface area contributed by atoms with Gasteiger partial charge in [-0.3, -0.25) is 0 Å². The third-order valence-electron chi connectivity index (χ3n) is 3.08. The average Bonchev–Trinajstić information content (AvgIpc) is 3.22. The Hall–Kier alpha value is -1.02. The van der Waals surface area contributed by atoms with Crippen LogP contribution in [0.25, 0.3) is 0 Å². The summed E-state index contributed by atoms with van der Waals surface area (Å²) >= 11 is 0. The Morgan fingerprint density at radius 2 is 2.15 bits per heavy atom. The van der Waals surface area contributed by atoms with Crippen molar-refractivity contribution in [2.75, 3.05) is 19.8 Å². The molecule has 1 aliphatic carbocycles. The topological polar surface area (TPSA) is 75.6 Å². The van der Waals surface area contributed by atoms with Crippen molar-refractivity contribution in [3.63, 3.8) is 0 Å². The Labute approximate surface area is 117 Å². The molecule has 0 bridgehead atoms. The molecule has 2 rings (SSSR count). The van der Waals surface area contributed by atoms with Gasteiger partial charge in [0, 0.05) is 13.2 Å². The van der Waals surface area contributed by atoms with Gasteiger partial charge in [0.2, 0.25) is 10.0 Å². The molecule has 0 spiro atoms. The van der Waals surface area contributed by atoms with Crippen LogP contribution in [0.3, 0.4) is 0 Å². The van der Waals surface area contributed by atoms with E-state index in [-0.39, 0.29) is 23.6 Å². The van der Waals surface area contributed by atoms with Crippen LogP contribution in [0.5, 0.6) is 0 Å². The van der Waals surface area contributed by atoms with Gasteiger partial charge in [0.15, 0.2) is 0 Å². The molecule has 0 aromatic heterocycles. The Morgan fingerprint density at radius 3 is 2.80 bits per heavy atom. The van der Waals surface area contributed by atoms with Crippen LogP contribution in [0.15, 0.2) is 23.1 Å². The van der Waals surface area contributed by atoms with Gasteiger partial charge in [-0.2, -0.15) is 0 Å². The van der Waals surface area contributed by atoms with E-state index in [1.54, 1.807) is 0 Å². The van der Waals surface area contributed by atoms with Gasteiger partial charge in [-0.15, -0.1) is 0 Å². The number of hydrogen-bond acceptors (Lipinski definition) is 4. The van der Waals surface area contributed by atoms with Crippen molar-refractivity contribution in [2.45, 2.75) is 24.3 Å². The van der Waals surface area contributed by atoms with E-state index in [2.05, 4.69) is 4.72 Å². The first-order valence-corrected chi connectivity index (χ1v) is 7.98. The maximum atomic E-state index is 13.2. The van der Waals surface area contributed by atoms with E-state index in [4.69, 9.17) is 9.84 Å². The molecule has 2 N–H and O–H groups in total. The van der Waals surface area contributed by atoms with Gasteiger partial charge in [-0.1, -0.05) is 6.07 Å². The van der Waals surface area contributed by atoms with Crippen LogP contribution in [0, 0.1) is 11.7 Å². The number of ether oxygens (including phenoxy) is 1. The first-order chi connectivity index (χ1) is 9.53. The van der Waals surface area contributed by atoms with E-state index in [0.717, 1.165) is 12.1 Å². The highest BCUT2D eigenvalue weighted by atomic mass is 32.2. The summed E-state index contributed by atoms with van der Waals surface area (Å²) in [6.45, 7) is 0.591. The van der Waals surface area contributed by atoms with Crippen molar-refractivity contribution in [3.8, 4) is 0 Å². The van der Waals surface area contributed by atoms with Crippen LogP contribution in [0.2, 0.25) is 0 Å². The molecule has 0 heterocycles. The molecule has 1 aromatic carbocycles. The molecule has 7 heteroatoms. The molecule has 0 aliphatic heterocycles. The second-order valence-electron chi connectivity index (χ2n) is 4.83. The van der Waals surface area contributed by atoms with E-state index in [1.807, 2.05) is 0 Å². The second-order valence-corrected chi connectivity index (χ2v) is 6.56. The lowest BCUT2D eigenvalue weighted by molar-refractivity contribution is 0.129. The molecule has 0 amide bonds. The molecular weight excluding hydrogens is 285 g/mol. The lowest BCUT2D eigenvalue weighted by atomic mass is 10.2. The molecule has 20 heavy (non-hydrogen) atoms. The highest BCUT2D eigenvalue weighted by Crippen LogP contribution is 2.28. The smallest absolute Gasteiger partial charge is 0.241 e. The number of rotatable bonds is 8. The van der Waals surface area contributed by atoms with Crippen LogP contribution in [0.4, 0.5) is 4.39 Å². The quantitative estimate of drug-likeness (QED) is 0.703. The summed E-state index contributed by atoms with van der Waals surface area (Å²) in [5, 5.41) is 9.11. The van der Waals surface area contributed by atoms with Gasteiger partial charge >= 0.3 is 0 Å². The molecule has 1 aromatic rings. The minimum atomic E-state index is -3.84. The Balaban J connectivity index is 1.92. The summed E-state index contributed by atoms with van der Waals surface area (Å²) in [4.78, 5) is -0.234. The monoisotopic (exact) mass is 303 g/mol. The maximum absolute atomic E-state index is 13.2. The van der Waals surface area contributed by atoms with Crippen LogP contribution >= 0.6 is 0 Å². The molecular formula is C13H18FNO4S. The molecule has 1 saturated carbocycles. The Morgan fingerprint density at radius 1 is 1.40 bits per heavy atom. The van der Waals surface area contributed by atoms with Gasteiger partial charge in [-0.05, 0) is 36.5 Å². The van der Waals surface area contributed by atoms with Crippen molar-refractivity contribution in [1.29, 1.82) is 0 Å². The standard InChI is InChI=1S/C13H18FNO4S/c14-12-4-3-11(8-16)13(7-12)20(17,18)15-5-6-19-9-10-1-2-10/h3-4,7,10,15-16H,1-2,5-6,8-9H2. The van der Waals surface area contributed by atoms with Crippen LogP contribution in [-0.2, 0) is 21.4 Å². The van der Waals surface area contributed by atoms with Gasteiger partial charge < -0.3 is 9.84 Å². The van der Waals surface area contributed by atoms with Gasteiger partial charge in [-0.25, -0.2) is 17.5 Å². The van der Waals surface area contributed by atoms with Crippen LogP contribution in [0.1, 0.15) is 18.4 Å². The predicted octanol–water partition coefficient (Wildman–Crippen LogP) is 1.02. The molecule has 112 valence electrons. The fourth-order valence-electron chi connectivity index (χ4n) is 1.77. The third kappa shape index (κ3) is 4.24. The van der Waals surface area contributed by atoms with Crippen LogP contribution < -0.4 is 4.72 Å². The minimum absolute atomic E-state index is 0.121. The number of nitrogens with one attached hydrogen (secondary N) is 1. The lowest BCUT2D eigenvalue weighted by Gasteiger charge is -2.10. The van der Waals surface area contributed by atoms with Gasteiger partial charge in [0.1, 0.15) is 5.82 Å². The van der Waals surface area contributed by atoms with E-state index >= 15 is 0 Å². The number of hydrogen-bond donors (Lipinski definition) is 2. The van der Waals surface area contributed by atoms with E-state index in [1.165, 1.54) is 18.9 Å². The van der Waals surface area contributed by atoms with Crippen molar-refractivity contribution < 1.29 is 22.7 Å².